The SMILES string of the molecule is Cc1ccc(C#CCN)c(C(=O)N2CC(O)C(O)C2)c1. The molecule has 0 spiro atoms. The number of aryl methyl sites for hydroxylation is 1. The van der Waals surface area contributed by atoms with Gasteiger partial charge in [0.25, 0.3) is 5.91 Å². The number of aliphatic hydroxyl groups excluding tert-OH is 2. The van der Waals surface area contributed by atoms with Crippen LogP contribution in [-0.4, -0.2) is 52.9 Å². The van der Waals surface area contributed by atoms with E-state index in [-0.39, 0.29) is 25.5 Å². The molecule has 1 amide bonds. The van der Waals surface area contributed by atoms with E-state index in [1.807, 2.05) is 13.0 Å². The molecular weight excluding hydrogens is 256 g/mol. The van der Waals surface area contributed by atoms with E-state index >= 15 is 0 Å². The van der Waals surface area contributed by atoms with E-state index in [1.54, 1.807) is 12.1 Å². The summed E-state index contributed by atoms with van der Waals surface area (Å²) in [7, 11) is 0. The van der Waals surface area contributed by atoms with E-state index in [1.165, 1.54) is 4.90 Å². The van der Waals surface area contributed by atoms with Crippen molar-refractivity contribution in [1.29, 1.82) is 0 Å². The molecule has 0 aliphatic carbocycles. The highest BCUT2D eigenvalue weighted by Gasteiger charge is 2.33. The maximum atomic E-state index is 12.5. The lowest BCUT2D eigenvalue weighted by Crippen LogP contribution is -2.30. The number of rotatable bonds is 1. The fourth-order valence-corrected chi connectivity index (χ4v) is 2.20. The minimum atomic E-state index is -0.887. The summed E-state index contributed by atoms with van der Waals surface area (Å²) < 4.78 is 0. The van der Waals surface area contributed by atoms with E-state index in [2.05, 4.69) is 11.8 Å². The summed E-state index contributed by atoms with van der Waals surface area (Å²) in [4.78, 5) is 13.9. The lowest BCUT2D eigenvalue weighted by atomic mass is 10.0. The Morgan fingerprint density at radius 1 is 1.40 bits per heavy atom. The minimum Gasteiger partial charge on any atom is -0.388 e. The van der Waals surface area contributed by atoms with Gasteiger partial charge in [-0.2, -0.15) is 0 Å². The van der Waals surface area contributed by atoms with E-state index in [4.69, 9.17) is 5.73 Å². The van der Waals surface area contributed by atoms with Crippen molar-refractivity contribution in [2.24, 2.45) is 5.73 Å². The van der Waals surface area contributed by atoms with Gasteiger partial charge in [0.2, 0.25) is 0 Å². The molecule has 5 nitrogen and oxygen atoms in total. The number of β-amino-alcohol motifs (C(OH)–C–C–N with tert-alkyl or cyclic N) is 2. The van der Waals surface area contributed by atoms with Crippen LogP contribution in [0.4, 0.5) is 0 Å². The molecule has 2 rings (SSSR count). The summed E-state index contributed by atoms with van der Waals surface area (Å²) in [6.07, 6.45) is -1.77. The number of hydrogen-bond donors (Lipinski definition) is 3. The number of amides is 1. The van der Waals surface area contributed by atoms with Gasteiger partial charge in [-0.25, -0.2) is 0 Å². The molecule has 1 aromatic rings. The zero-order chi connectivity index (χ0) is 14.7. The van der Waals surface area contributed by atoms with Crippen molar-refractivity contribution in [2.45, 2.75) is 19.1 Å². The fourth-order valence-electron chi connectivity index (χ4n) is 2.20. The Hall–Kier alpha value is -1.87. The zero-order valence-electron chi connectivity index (χ0n) is 11.3. The van der Waals surface area contributed by atoms with Gasteiger partial charge in [0, 0.05) is 18.7 Å². The second-order valence-electron chi connectivity index (χ2n) is 4.90. The molecule has 20 heavy (non-hydrogen) atoms. The number of benzene rings is 1. The van der Waals surface area contributed by atoms with Gasteiger partial charge in [0.1, 0.15) is 0 Å². The maximum Gasteiger partial charge on any atom is 0.255 e. The lowest BCUT2D eigenvalue weighted by molar-refractivity contribution is 0.0572. The van der Waals surface area contributed by atoms with Crippen molar-refractivity contribution < 1.29 is 15.0 Å². The molecule has 1 aromatic carbocycles. The van der Waals surface area contributed by atoms with Crippen LogP contribution in [0.1, 0.15) is 21.5 Å². The van der Waals surface area contributed by atoms with E-state index in [0.717, 1.165) is 5.56 Å². The number of aliphatic hydroxyl groups is 2. The Morgan fingerprint density at radius 2 is 2.05 bits per heavy atom. The van der Waals surface area contributed by atoms with E-state index in [9.17, 15) is 15.0 Å². The first kappa shape index (κ1) is 14.5. The molecule has 1 aliphatic heterocycles. The van der Waals surface area contributed by atoms with Crippen LogP contribution in [0.2, 0.25) is 0 Å². The van der Waals surface area contributed by atoms with Crippen LogP contribution in [0.5, 0.6) is 0 Å². The van der Waals surface area contributed by atoms with Crippen molar-refractivity contribution >= 4 is 5.91 Å². The Labute approximate surface area is 118 Å². The Bertz CT molecular complexity index is 564. The average molecular weight is 274 g/mol. The molecule has 2 unspecified atom stereocenters. The number of carbonyl (C=O) groups excluding carboxylic acids is 1. The summed E-state index contributed by atoms with van der Waals surface area (Å²) in [5.74, 6) is 5.38. The number of carbonyl (C=O) groups is 1. The molecule has 0 saturated carbocycles. The fraction of sp³-hybridized carbons (Fsp3) is 0.400. The molecule has 1 saturated heterocycles. The van der Waals surface area contributed by atoms with Crippen LogP contribution in [0, 0.1) is 18.8 Å². The molecule has 0 radical (unpaired) electrons. The summed E-state index contributed by atoms with van der Waals surface area (Å²) in [6, 6.07) is 5.43. The van der Waals surface area contributed by atoms with E-state index < -0.39 is 12.2 Å². The van der Waals surface area contributed by atoms with Crippen molar-refractivity contribution in [3.63, 3.8) is 0 Å². The molecule has 1 heterocycles. The van der Waals surface area contributed by atoms with Gasteiger partial charge in [0.15, 0.2) is 0 Å². The first-order chi connectivity index (χ1) is 9.52. The van der Waals surface area contributed by atoms with Gasteiger partial charge in [0.05, 0.1) is 24.3 Å². The van der Waals surface area contributed by atoms with Crippen molar-refractivity contribution in [2.75, 3.05) is 19.6 Å². The third-order valence-corrected chi connectivity index (χ3v) is 3.28. The highest BCUT2D eigenvalue weighted by molar-refractivity contribution is 5.97. The molecular formula is C15H18N2O3. The highest BCUT2D eigenvalue weighted by Crippen LogP contribution is 2.18. The molecule has 1 aliphatic rings. The van der Waals surface area contributed by atoms with Crippen LogP contribution < -0.4 is 5.73 Å². The zero-order valence-corrected chi connectivity index (χ0v) is 11.3. The Balaban J connectivity index is 2.31. The molecule has 5 heteroatoms. The molecule has 0 bridgehead atoms. The standard InChI is InChI=1S/C15H18N2O3/c1-10-4-5-11(3-2-6-16)12(7-10)15(20)17-8-13(18)14(19)9-17/h4-5,7,13-14,18-19H,6,8-9,16H2,1H3. The molecule has 4 N–H and O–H groups in total. The van der Waals surface area contributed by atoms with E-state index in [0.29, 0.717) is 11.1 Å². The predicted molar refractivity (Wildman–Crippen MR) is 75.0 cm³/mol. The topological polar surface area (TPSA) is 86.8 Å². The first-order valence-corrected chi connectivity index (χ1v) is 6.48. The second kappa shape index (κ2) is 6.06. The lowest BCUT2D eigenvalue weighted by Gasteiger charge is -2.16. The Kier molecular flexibility index (Phi) is 4.40. The second-order valence-corrected chi connectivity index (χ2v) is 4.90. The predicted octanol–water partition coefficient (Wildman–Crippen LogP) is -0.517. The number of likely N-dealkylation sites (tertiary alicyclic amines) is 1. The average Bonchev–Trinajstić information content (AvgIpc) is 2.76. The quantitative estimate of drug-likeness (QED) is 0.602. The largest absolute Gasteiger partial charge is 0.388 e. The van der Waals surface area contributed by atoms with Crippen LogP contribution in [0.15, 0.2) is 18.2 Å². The third-order valence-electron chi connectivity index (χ3n) is 3.28. The van der Waals surface area contributed by atoms with Crippen molar-refractivity contribution in [1.82, 2.24) is 4.90 Å². The summed E-state index contributed by atoms with van der Waals surface area (Å²) in [5.41, 5.74) is 7.40. The van der Waals surface area contributed by atoms with Crippen LogP contribution in [0.3, 0.4) is 0 Å². The summed E-state index contributed by atoms with van der Waals surface area (Å²) >= 11 is 0. The number of hydrogen-bond acceptors (Lipinski definition) is 4. The van der Waals surface area contributed by atoms with Gasteiger partial charge in [-0.05, 0) is 19.1 Å². The van der Waals surface area contributed by atoms with Gasteiger partial charge < -0.3 is 20.8 Å². The number of nitrogens with two attached hydrogens (primary N) is 1. The molecule has 1 fully saturated rings. The third kappa shape index (κ3) is 2.99. The van der Waals surface area contributed by atoms with Crippen molar-refractivity contribution in [3.05, 3.63) is 34.9 Å². The summed E-state index contributed by atoms with van der Waals surface area (Å²) in [6.45, 7) is 2.39. The van der Waals surface area contributed by atoms with Gasteiger partial charge >= 0.3 is 0 Å². The highest BCUT2D eigenvalue weighted by atomic mass is 16.3. The molecule has 2 atom stereocenters. The minimum absolute atomic E-state index is 0.137. The number of nitrogens with zero attached hydrogens (tertiary/aromatic N) is 1. The molecule has 0 aromatic heterocycles. The van der Waals surface area contributed by atoms with Crippen LogP contribution >= 0.6 is 0 Å². The van der Waals surface area contributed by atoms with Gasteiger partial charge in [-0.1, -0.05) is 23.5 Å². The first-order valence-electron chi connectivity index (χ1n) is 6.48. The normalized spacial score (nSPS) is 21.5. The van der Waals surface area contributed by atoms with Crippen LogP contribution in [-0.2, 0) is 0 Å². The maximum absolute atomic E-state index is 12.5. The summed E-state index contributed by atoms with van der Waals surface area (Å²) in [5, 5.41) is 19.1. The van der Waals surface area contributed by atoms with Crippen molar-refractivity contribution in [3.8, 4) is 11.8 Å². The Morgan fingerprint density at radius 3 is 2.65 bits per heavy atom. The van der Waals surface area contributed by atoms with Gasteiger partial charge in [-0.15, -0.1) is 0 Å². The monoisotopic (exact) mass is 274 g/mol. The molecule has 106 valence electrons. The van der Waals surface area contributed by atoms with Gasteiger partial charge in [-0.3, -0.25) is 4.79 Å². The van der Waals surface area contributed by atoms with Crippen LogP contribution in [0.25, 0.3) is 0 Å². The smallest absolute Gasteiger partial charge is 0.255 e.